The van der Waals surface area contributed by atoms with Crippen LogP contribution >= 0.6 is 0 Å². The van der Waals surface area contributed by atoms with Crippen LogP contribution in [0.2, 0.25) is 0 Å². The van der Waals surface area contributed by atoms with Crippen LogP contribution in [0.5, 0.6) is 5.75 Å². The van der Waals surface area contributed by atoms with Crippen molar-refractivity contribution in [3.05, 3.63) is 29.8 Å². The molecule has 1 aliphatic heterocycles. The highest BCUT2D eigenvalue weighted by molar-refractivity contribution is 5.95. The molecule has 0 radical (unpaired) electrons. The Kier molecular flexibility index (Phi) is 6.64. The van der Waals surface area contributed by atoms with E-state index in [0.717, 1.165) is 25.7 Å². The van der Waals surface area contributed by atoms with Crippen molar-refractivity contribution in [1.29, 1.82) is 0 Å². The van der Waals surface area contributed by atoms with Gasteiger partial charge in [-0.2, -0.15) is 0 Å². The van der Waals surface area contributed by atoms with Crippen LogP contribution in [0.3, 0.4) is 0 Å². The number of benzene rings is 1. The SMILES string of the molecule is CCC[C@@H](C)NC(=O)[C@@H]1CCCN(C(=O)c2cccc(OC)c2)C1. The summed E-state index contributed by atoms with van der Waals surface area (Å²) in [5.74, 6) is 0.584. The lowest BCUT2D eigenvalue weighted by atomic mass is 9.96. The number of hydrogen-bond donors (Lipinski definition) is 1. The zero-order valence-corrected chi connectivity index (χ0v) is 14.9. The smallest absolute Gasteiger partial charge is 0.254 e. The fourth-order valence-electron chi connectivity index (χ4n) is 3.18. The lowest BCUT2D eigenvalue weighted by Gasteiger charge is -2.32. The van der Waals surface area contributed by atoms with Crippen LogP contribution in [0.1, 0.15) is 49.9 Å². The molecule has 1 heterocycles. The summed E-state index contributed by atoms with van der Waals surface area (Å²) in [6, 6.07) is 7.35. The van der Waals surface area contributed by atoms with Gasteiger partial charge in [-0.1, -0.05) is 19.4 Å². The average Bonchev–Trinajstić information content (AvgIpc) is 2.61. The maximum atomic E-state index is 12.7. The van der Waals surface area contributed by atoms with Gasteiger partial charge in [-0.15, -0.1) is 0 Å². The fourth-order valence-corrected chi connectivity index (χ4v) is 3.18. The summed E-state index contributed by atoms with van der Waals surface area (Å²) in [5.41, 5.74) is 0.606. The number of hydrogen-bond acceptors (Lipinski definition) is 3. The molecule has 0 aromatic heterocycles. The molecule has 0 saturated carbocycles. The van der Waals surface area contributed by atoms with Gasteiger partial charge < -0.3 is 15.0 Å². The number of carbonyl (C=O) groups excluding carboxylic acids is 2. The van der Waals surface area contributed by atoms with Crippen molar-refractivity contribution in [2.45, 2.75) is 45.6 Å². The highest BCUT2D eigenvalue weighted by Gasteiger charge is 2.29. The molecule has 0 spiro atoms. The average molecular weight is 332 g/mol. The topological polar surface area (TPSA) is 58.6 Å². The third kappa shape index (κ3) is 4.73. The van der Waals surface area contributed by atoms with E-state index in [2.05, 4.69) is 12.2 Å². The number of nitrogens with zero attached hydrogens (tertiary/aromatic N) is 1. The number of methoxy groups -OCH3 is 1. The normalized spacial score (nSPS) is 18.8. The van der Waals surface area contributed by atoms with Gasteiger partial charge in [0.05, 0.1) is 13.0 Å². The molecule has 2 amide bonds. The summed E-state index contributed by atoms with van der Waals surface area (Å²) in [7, 11) is 1.59. The predicted molar refractivity (Wildman–Crippen MR) is 94.1 cm³/mol. The number of ether oxygens (including phenoxy) is 1. The third-order valence-corrected chi connectivity index (χ3v) is 4.51. The van der Waals surface area contributed by atoms with Crippen LogP contribution in [0.4, 0.5) is 0 Å². The quantitative estimate of drug-likeness (QED) is 0.871. The first-order valence-corrected chi connectivity index (χ1v) is 8.78. The predicted octanol–water partition coefficient (Wildman–Crippen LogP) is 2.85. The number of rotatable bonds is 6. The van der Waals surface area contributed by atoms with Crippen molar-refractivity contribution in [2.24, 2.45) is 5.92 Å². The molecule has 2 atom stereocenters. The molecule has 5 nitrogen and oxygen atoms in total. The van der Waals surface area contributed by atoms with Crippen LogP contribution in [-0.4, -0.2) is 43.0 Å². The van der Waals surface area contributed by atoms with Gasteiger partial charge in [0.25, 0.3) is 5.91 Å². The Morgan fingerprint density at radius 1 is 1.42 bits per heavy atom. The standard InChI is InChI=1S/C19H28N2O3/c1-4-7-14(2)20-18(22)16-9-6-11-21(13-16)19(23)15-8-5-10-17(12-15)24-3/h5,8,10,12,14,16H,4,6-7,9,11,13H2,1-3H3,(H,20,22)/t14-,16-/m1/s1. The Balaban J connectivity index is 1.99. The number of likely N-dealkylation sites (tertiary alicyclic amines) is 1. The van der Waals surface area contributed by atoms with Crippen LogP contribution in [0.15, 0.2) is 24.3 Å². The molecule has 0 aliphatic carbocycles. The van der Waals surface area contributed by atoms with E-state index in [-0.39, 0.29) is 23.8 Å². The molecule has 1 saturated heterocycles. The minimum absolute atomic E-state index is 0.0343. The van der Waals surface area contributed by atoms with Crippen molar-refractivity contribution in [2.75, 3.05) is 20.2 Å². The molecule has 0 bridgehead atoms. The molecule has 24 heavy (non-hydrogen) atoms. The summed E-state index contributed by atoms with van der Waals surface area (Å²) < 4.78 is 5.18. The second-order valence-electron chi connectivity index (χ2n) is 6.52. The van der Waals surface area contributed by atoms with Gasteiger partial charge in [-0.05, 0) is 44.4 Å². The molecular formula is C19H28N2O3. The Bertz CT molecular complexity index is 573. The van der Waals surface area contributed by atoms with Gasteiger partial charge in [-0.3, -0.25) is 9.59 Å². The van der Waals surface area contributed by atoms with E-state index in [9.17, 15) is 9.59 Å². The first kappa shape index (κ1) is 18.3. The second kappa shape index (κ2) is 8.71. The Morgan fingerprint density at radius 2 is 2.21 bits per heavy atom. The zero-order chi connectivity index (χ0) is 17.5. The summed E-state index contributed by atoms with van der Waals surface area (Å²) in [6.45, 7) is 5.33. The molecule has 132 valence electrons. The third-order valence-electron chi connectivity index (χ3n) is 4.51. The van der Waals surface area contributed by atoms with Crippen molar-refractivity contribution in [3.63, 3.8) is 0 Å². The van der Waals surface area contributed by atoms with Gasteiger partial charge in [0.2, 0.25) is 5.91 Å². The summed E-state index contributed by atoms with van der Waals surface area (Å²) in [5, 5.41) is 3.07. The van der Waals surface area contributed by atoms with E-state index in [0.29, 0.717) is 24.4 Å². The molecule has 5 heteroatoms. The van der Waals surface area contributed by atoms with E-state index in [1.54, 1.807) is 24.1 Å². The van der Waals surface area contributed by atoms with Gasteiger partial charge >= 0.3 is 0 Å². The Morgan fingerprint density at radius 3 is 2.92 bits per heavy atom. The molecule has 2 rings (SSSR count). The maximum absolute atomic E-state index is 12.7. The van der Waals surface area contributed by atoms with Crippen molar-refractivity contribution < 1.29 is 14.3 Å². The van der Waals surface area contributed by atoms with E-state index in [4.69, 9.17) is 4.74 Å². The lowest BCUT2D eigenvalue weighted by molar-refractivity contribution is -0.127. The van der Waals surface area contributed by atoms with Crippen molar-refractivity contribution in [3.8, 4) is 5.75 Å². The summed E-state index contributed by atoms with van der Waals surface area (Å²) in [4.78, 5) is 26.9. The summed E-state index contributed by atoms with van der Waals surface area (Å²) in [6.07, 6.45) is 3.72. The minimum Gasteiger partial charge on any atom is -0.497 e. The monoisotopic (exact) mass is 332 g/mol. The van der Waals surface area contributed by atoms with Crippen molar-refractivity contribution in [1.82, 2.24) is 10.2 Å². The highest BCUT2D eigenvalue weighted by Crippen LogP contribution is 2.21. The van der Waals surface area contributed by atoms with Crippen LogP contribution in [-0.2, 0) is 4.79 Å². The molecule has 1 N–H and O–H groups in total. The van der Waals surface area contributed by atoms with E-state index in [1.807, 2.05) is 19.1 Å². The van der Waals surface area contributed by atoms with Gasteiger partial charge in [0, 0.05) is 24.7 Å². The molecule has 1 aliphatic rings. The van der Waals surface area contributed by atoms with Crippen LogP contribution in [0.25, 0.3) is 0 Å². The van der Waals surface area contributed by atoms with E-state index >= 15 is 0 Å². The van der Waals surface area contributed by atoms with E-state index < -0.39 is 0 Å². The minimum atomic E-state index is -0.118. The number of piperidine rings is 1. The first-order chi connectivity index (χ1) is 11.5. The highest BCUT2D eigenvalue weighted by atomic mass is 16.5. The first-order valence-electron chi connectivity index (χ1n) is 8.78. The second-order valence-corrected chi connectivity index (χ2v) is 6.52. The molecule has 1 aromatic carbocycles. The molecule has 1 aromatic rings. The van der Waals surface area contributed by atoms with Gasteiger partial charge in [-0.25, -0.2) is 0 Å². The van der Waals surface area contributed by atoms with Crippen LogP contribution < -0.4 is 10.1 Å². The van der Waals surface area contributed by atoms with Gasteiger partial charge in [0.15, 0.2) is 0 Å². The lowest BCUT2D eigenvalue weighted by Crippen LogP contribution is -2.47. The largest absolute Gasteiger partial charge is 0.497 e. The molecule has 0 unspecified atom stereocenters. The Labute approximate surface area is 144 Å². The number of nitrogens with one attached hydrogen (secondary N) is 1. The van der Waals surface area contributed by atoms with Crippen molar-refractivity contribution >= 4 is 11.8 Å². The van der Waals surface area contributed by atoms with Crippen LogP contribution in [0, 0.1) is 5.92 Å². The number of amides is 2. The molecular weight excluding hydrogens is 304 g/mol. The fraction of sp³-hybridized carbons (Fsp3) is 0.579. The maximum Gasteiger partial charge on any atom is 0.254 e. The molecule has 1 fully saturated rings. The van der Waals surface area contributed by atoms with E-state index in [1.165, 1.54) is 0 Å². The number of carbonyl (C=O) groups is 2. The Hall–Kier alpha value is -2.04. The summed E-state index contributed by atoms with van der Waals surface area (Å²) >= 11 is 0. The van der Waals surface area contributed by atoms with Gasteiger partial charge in [0.1, 0.15) is 5.75 Å². The zero-order valence-electron chi connectivity index (χ0n) is 14.9.